The molecule has 2 heterocycles. The van der Waals surface area contributed by atoms with E-state index in [2.05, 4.69) is 20.6 Å². The summed E-state index contributed by atoms with van der Waals surface area (Å²) in [6.07, 6.45) is 3.58. The Bertz CT molecular complexity index is 778. The fourth-order valence-corrected chi connectivity index (χ4v) is 2.87. The minimum Gasteiger partial charge on any atom is -0.350 e. The summed E-state index contributed by atoms with van der Waals surface area (Å²) in [6, 6.07) is 9.54. The maximum Gasteiger partial charge on any atom is 0.272 e. The molecule has 26 heavy (non-hydrogen) atoms. The lowest BCUT2D eigenvalue weighted by Crippen LogP contribution is -2.37. The van der Waals surface area contributed by atoms with E-state index >= 15 is 0 Å². The molecule has 8 heteroatoms. The molecule has 1 aromatic heterocycles. The number of hydrogen-bond acceptors (Lipinski definition) is 5. The quantitative estimate of drug-likeness (QED) is 0.805. The van der Waals surface area contributed by atoms with Crippen molar-refractivity contribution in [3.63, 3.8) is 0 Å². The van der Waals surface area contributed by atoms with Crippen LogP contribution in [-0.4, -0.2) is 41.4 Å². The molecule has 2 amide bonds. The number of halogens is 1. The molecule has 1 aliphatic rings. The smallest absolute Gasteiger partial charge is 0.272 e. The van der Waals surface area contributed by atoms with Crippen molar-refractivity contribution in [2.75, 3.05) is 24.5 Å². The number of carbonyl (C=O) groups excluding carboxylic acids is 2. The van der Waals surface area contributed by atoms with Crippen molar-refractivity contribution >= 4 is 29.4 Å². The molecule has 0 atom stereocenters. The second kappa shape index (κ2) is 8.62. The van der Waals surface area contributed by atoms with Gasteiger partial charge in [0.15, 0.2) is 5.69 Å². The third kappa shape index (κ3) is 4.70. The van der Waals surface area contributed by atoms with E-state index in [9.17, 15) is 9.59 Å². The Labute approximate surface area is 156 Å². The van der Waals surface area contributed by atoms with E-state index in [-0.39, 0.29) is 23.2 Å². The summed E-state index contributed by atoms with van der Waals surface area (Å²) in [6.45, 7) is 1.99. The summed E-state index contributed by atoms with van der Waals surface area (Å²) in [4.78, 5) is 34.7. The van der Waals surface area contributed by atoms with Gasteiger partial charge in [0.25, 0.3) is 5.91 Å². The van der Waals surface area contributed by atoms with Crippen LogP contribution in [0.25, 0.3) is 0 Å². The van der Waals surface area contributed by atoms with Gasteiger partial charge >= 0.3 is 0 Å². The van der Waals surface area contributed by atoms with Crippen LogP contribution < -0.4 is 15.5 Å². The molecular formula is C18H20ClN5O2. The first-order chi connectivity index (χ1) is 12.6. The third-order valence-corrected chi connectivity index (χ3v) is 4.35. The second-order valence-electron chi connectivity index (χ2n) is 6.01. The minimum absolute atomic E-state index is 0.0828. The van der Waals surface area contributed by atoms with Gasteiger partial charge in [0, 0.05) is 19.6 Å². The Balaban J connectivity index is 1.54. The maximum atomic E-state index is 12.3. The highest BCUT2D eigenvalue weighted by molar-refractivity contribution is 6.33. The first-order valence-corrected chi connectivity index (χ1v) is 8.87. The molecule has 7 nitrogen and oxygen atoms in total. The largest absolute Gasteiger partial charge is 0.350 e. The average Bonchev–Trinajstić information content (AvgIpc) is 3.20. The molecule has 1 aromatic carbocycles. The molecule has 0 spiro atoms. The van der Waals surface area contributed by atoms with Crippen molar-refractivity contribution < 1.29 is 9.59 Å². The van der Waals surface area contributed by atoms with Gasteiger partial charge in [-0.25, -0.2) is 9.97 Å². The summed E-state index contributed by atoms with van der Waals surface area (Å²) >= 11 is 6.05. The fraction of sp³-hybridized carbons (Fsp3) is 0.333. The van der Waals surface area contributed by atoms with Crippen molar-refractivity contribution in [3.05, 3.63) is 52.8 Å². The molecular weight excluding hydrogens is 354 g/mol. The van der Waals surface area contributed by atoms with Crippen LogP contribution in [0.5, 0.6) is 0 Å². The Kier molecular flexibility index (Phi) is 6.01. The zero-order valence-electron chi connectivity index (χ0n) is 14.2. The number of rotatable bonds is 6. The topological polar surface area (TPSA) is 87.2 Å². The third-order valence-electron chi connectivity index (χ3n) is 4.08. The van der Waals surface area contributed by atoms with Gasteiger partial charge in [-0.15, -0.1) is 0 Å². The number of benzene rings is 1. The first kappa shape index (κ1) is 18.1. The lowest BCUT2D eigenvalue weighted by atomic mass is 10.2. The van der Waals surface area contributed by atoms with Gasteiger partial charge in [-0.05, 0) is 18.4 Å². The fourth-order valence-electron chi connectivity index (χ4n) is 2.69. The highest BCUT2D eigenvalue weighted by atomic mass is 35.5. The van der Waals surface area contributed by atoms with Gasteiger partial charge < -0.3 is 15.5 Å². The van der Waals surface area contributed by atoms with Crippen LogP contribution in [-0.2, 0) is 11.3 Å². The number of amides is 2. The van der Waals surface area contributed by atoms with Gasteiger partial charge in [0.1, 0.15) is 0 Å². The normalized spacial score (nSPS) is 13.5. The summed E-state index contributed by atoms with van der Waals surface area (Å²) in [5, 5.41) is 5.46. The Morgan fingerprint density at radius 2 is 1.85 bits per heavy atom. The first-order valence-electron chi connectivity index (χ1n) is 8.50. The van der Waals surface area contributed by atoms with Crippen LogP contribution in [0.4, 0.5) is 5.95 Å². The molecule has 0 saturated carbocycles. The van der Waals surface area contributed by atoms with Crippen LogP contribution >= 0.6 is 11.6 Å². The Morgan fingerprint density at radius 3 is 2.58 bits per heavy atom. The number of nitrogens with zero attached hydrogens (tertiary/aromatic N) is 3. The zero-order chi connectivity index (χ0) is 18.4. The molecule has 1 fully saturated rings. The number of hydrogen-bond donors (Lipinski definition) is 2. The number of anilines is 1. The van der Waals surface area contributed by atoms with Gasteiger partial charge in [0.05, 0.1) is 17.8 Å². The molecule has 2 aromatic rings. The summed E-state index contributed by atoms with van der Waals surface area (Å²) < 4.78 is 0. The van der Waals surface area contributed by atoms with Gasteiger partial charge in [-0.2, -0.15) is 0 Å². The van der Waals surface area contributed by atoms with Crippen molar-refractivity contribution in [3.8, 4) is 0 Å². The van der Waals surface area contributed by atoms with Gasteiger partial charge in [-0.1, -0.05) is 41.9 Å². The molecule has 0 radical (unpaired) electrons. The molecule has 3 rings (SSSR count). The molecule has 1 saturated heterocycles. The van der Waals surface area contributed by atoms with E-state index in [4.69, 9.17) is 11.6 Å². The lowest BCUT2D eigenvalue weighted by Gasteiger charge is -2.15. The van der Waals surface area contributed by atoms with E-state index in [0.29, 0.717) is 12.5 Å². The zero-order valence-corrected chi connectivity index (χ0v) is 15.0. The Morgan fingerprint density at radius 1 is 1.12 bits per heavy atom. The van der Waals surface area contributed by atoms with E-state index in [1.165, 1.54) is 6.20 Å². The van der Waals surface area contributed by atoms with Crippen molar-refractivity contribution in [1.82, 2.24) is 20.6 Å². The molecule has 0 unspecified atom stereocenters. The molecule has 0 bridgehead atoms. The maximum absolute atomic E-state index is 12.3. The summed E-state index contributed by atoms with van der Waals surface area (Å²) in [5.41, 5.74) is 1.07. The predicted molar refractivity (Wildman–Crippen MR) is 99.1 cm³/mol. The van der Waals surface area contributed by atoms with Crippen LogP contribution in [0.3, 0.4) is 0 Å². The molecule has 136 valence electrons. The van der Waals surface area contributed by atoms with Crippen LogP contribution in [0.15, 0.2) is 36.5 Å². The van der Waals surface area contributed by atoms with Crippen LogP contribution in [0, 0.1) is 0 Å². The van der Waals surface area contributed by atoms with Crippen molar-refractivity contribution in [2.24, 2.45) is 0 Å². The predicted octanol–water partition coefficient (Wildman–Crippen LogP) is 1.78. The van der Waals surface area contributed by atoms with Crippen molar-refractivity contribution in [2.45, 2.75) is 19.4 Å². The number of aromatic nitrogens is 2. The van der Waals surface area contributed by atoms with E-state index < -0.39 is 5.91 Å². The minimum atomic E-state index is -0.493. The van der Waals surface area contributed by atoms with E-state index in [1.807, 2.05) is 35.2 Å². The highest BCUT2D eigenvalue weighted by Crippen LogP contribution is 2.19. The highest BCUT2D eigenvalue weighted by Gasteiger charge is 2.19. The molecule has 0 aliphatic carbocycles. The Hall–Kier alpha value is -2.67. The summed E-state index contributed by atoms with van der Waals surface area (Å²) in [5.74, 6) is -0.287. The molecule has 1 aliphatic heterocycles. The van der Waals surface area contributed by atoms with Gasteiger partial charge in [-0.3, -0.25) is 9.59 Å². The number of nitrogens with one attached hydrogen (secondary N) is 2. The second-order valence-corrected chi connectivity index (χ2v) is 6.41. The number of carbonyl (C=O) groups is 2. The van der Waals surface area contributed by atoms with E-state index in [1.54, 1.807) is 0 Å². The lowest BCUT2D eigenvalue weighted by molar-refractivity contribution is -0.120. The van der Waals surface area contributed by atoms with Gasteiger partial charge in [0.2, 0.25) is 11.9 Å². The van der Waals surface area contributed by atoms with E-state index in [0.717, 1.165) is 31.5 Å². The van der Waals surface area contributed by atoms with Crippen LogP contribution in [0.2, 0.25) is 5.02 Å². The monoisotopic (exact) mass is 373 g/mol. The summed E-state index contributed by atoms with van der Waals surface area (Å²) in [7, 11) is 0. The standard InChI is InChI=1S/C18H20ClN5O2/c19-14-11-22-18(24-8-4-5-9-24)23-16(14)17(26)21-12-15(25)20-10-13-6-2-1-3-7-13/h1-3,6-7,11H,4-5,8-10,12H2,(H,20,25)(H,21,26). The molecule has 2 N–H and O–H groups in total. The SMILES string of the molecule is O=C(CNC(=O)c1nc(N2CCCC2)ncc1Cl)NCc1ccccc1. The van der Waals surface area contributed by atoms with Crippen molar-refractivity contribution in [1.29, 1.82) is 0 Å². The average molecular weight is 374 g/mol. The van der Waals surface area contributed by atoms with Crippen LogP contribution in [0.1, 0.15) is 28.9 Å².